The van der Waals surface area contributed by atoms with Crippen molar-refractivity contribution in [2.24, 2.45) is 0 Å². The summed E-state index contributed by atoms with van der Waals surface area (Å²) in [6.07, 6.45) is 0.984. The zero-order chi connectivity index (χ0) is 43.6. The highest BCUT2D eigenvalue weighted by molar-refractivity contribution is 9.09. The van der Waals surface area contributed by atoms with Crippen molar-refractivity contribution < 1.29 is 86.2 Å². The van der Waals surface area contributed by atoms with Crippen LogP contribution in [0.1, 0.15) is 54.8 Å². The van der Waals surface area contributed by atoms with Crippen LogP contribution in [0.3, 0.4) is 0 Å². The van der Waals surface area contributed by atoms with Gasteiger partial charge in [0.15, 0.2) is 0 Å². The van der Waals surface area contributed by atoms with Gasteiger partial charge < -0.3 is 67.1 Å². The lowest BCUT2D eigenvalue weighted by molar-refractivity contribution is 0.00933. The van der Waals surface area contributed by atoms with E-state index in [1.54, 1.807) is 0 Å². The Hall–Kier alpha value is -3.76. The van der Waals surface area contributed by atoms with Gasteiger partial charge in [0.1, 0.15) is 51.9 Å². The Kier molecular flexibility index (Phi) is 32.9. The summed E-state index contributed by atoms with van der Waals surface area (Å²) in [5.41, 5.74) is -0.260. The van der Waals surface area contributed by atoms with Crippen molar-refractivity contribution in [2.75, 3.05) is 132 Å². The first-order valence-electron chi connectivity index (χ1n) is 17.8. The summed E-state index contributed by atoms with van der Waals surface area (Å²) in [6, 6.07) is 4.64. The largest absolute Gasteiger partial charge is 0.507 e. The van der Waals surface area contributed by atoms with Crippen LogP contribution in [0.5, 0.6) is 23.0 Å². The molecule has 58 heavy (non-hydrogen) atoms. The molecule has 18 nitrogen and oxygen atoms in total. The summed E-state index contributed by atoms with van der Waals surface area (Å²) in [7, 11) is 6.15. The molecule has 2 aromatic rings. The van der Waals surface area contributed by atoms with E-state index in [0.717, 1.165) is 63.3 Å². The van der Waals surface area contributed by atoms with Crippen molar-refractivity contribution in [3.63, 3.8) is 0 Å². The van der Waals surface area contributed by atoms with E-state index < -0.39 is 35.4 Å². The molecular weight excluding hydrogens is 904 g/mol. The molecule has 330 valence electrons. The van der Waals surface area contributed by atoms with Crippen LogP contribution in [-0.4, -0.2) is 166 Å². The monoisotopic (exact) mass is 958 g/mol. The Labute approximate surface area is 355 Å². The van der Waals surface area contributed by atoms with E-state index >= 15 is 0 Å². The maximum absolute atomic E-state index is 12.0. The van der Waals surface area contributed by atoms with Gasteiger partial charge in [-0.1, -0.05) is 38.8 Å². The summed E-state index contributed by atoms with van der Waals surface area (Å²) >= 11 is 6.54. The van der Waals surface area contributed by atoms with E-state index in [1.165, 1.54) is 33.5 Å². The van der Waals surface area contributed by atoms with Crippen molar-refractivity contribution in [3.8, 4) is 23.0 Å². The van der Waals surface area contributed by atoms with Crippen LogP contribution in [-0.2, 0) is 47.4 Å². The quantitative estimate of drug-likeness (QED) is 0.0541. The minimum Gasteiger partial charge on any atom is -0.507 e. The van der Waals surface area contributed by atoms with Gasteiger partial charge >= 0.3 is 23.9 Å². The topological polar surface area (TPSA) is 220 Å². The molecule has 0 aromatic heterocycles. The maximum atomic E-state index is 12.0. The van der Waals surface area contributed by atoms with Crippen LogP contribution in [0, 0.1) is 0 Å². The summed E-state index contributed by atoms with van der Waals surface area (Å²) in [5, 5.41) is 20.5. The van der Waals surface area contributed by atoms with Crippen molar-refractivity contribution in [1.82, 2.24) is 0 Å². The van der Waals surface area contributed by atoms with Gasteiger partial charge in [-0.3, -0.25) is 0 Å². The molecule has 0 aliphatic rings. The Morgan fingerprint density at radius 2 is 0.776 bits per heavy atom. The van der Waals surface area contributed by atoms with Crippen molar-refractivity contribution in [2.45, 2.75) is 13.3 Å². The van der Waals surface area contributed by atoms with Gasteiger partial charge in [-0.2, -0.15) is 0 Å². The Morgan fingerprint density at radius 1 is 0.448 bits per heavy atom. The van der Waals surface area contributed by atoms with Gasteiger partial charge in [-0.25, -0.2) is 19.2 Å². The first kappa shape index (κ1) is 54.2. The number of halogens is 2. The molecule has 2 rings (SSSR count). The molecule has 0 spiro atoms. The van der Waals surface area contributed by atoms with Gasteiger partial charge in [0, 0.05) is 29.4 Å². The number of carbonyl (C=O) groups is 4. The third-order valence-electron chi connectivity index (χ3n) is 6.80. The molecule has 0 fully saturated rings. The molecule has 0 unspecified atom stereocenters. The van der Waals surface area contributed by atoms with E-state index in [4.69, 9.17) is 47.4 Å². The Morgan fingerprint density at radius 3 is 1.14 bits per heavy atom. The molecule has 0 aliphatic heterocycles. The van der Waals surface area contributed by atoms with Crippen molar-refractivity contribution in [1.29, 1.82) is 0 Å². The van der Waals surface area contributed by atoms with Crippen LogP contribution in [0.4, 0.5) is 0 Å². The molecule has 2 aromatic carbocycles. The molecule has 0 amide bonds. The Bertz CT molecular complexity index is 1410. The third-order valence-corrected chi connectivity index (χ3v) is 7.45. The number of methoxy groups -OCH3 is 5. The zero-order valence-electron chi connectivity index (χ0n) is 33.8. The molecule has 2 N–H and O–H groups in total. The fourth-order valence-electron chi connectivity index (χ4n) is 4.06. The predicted octanol–water partition coefficient (Wildman–Crippen LogP) is 4.60. The molecule has 0 heterocycles. The van der Waals surface area contributed by atoms with Gasteiger partial charge in [0.05, 0.1) is 108 Å². The van der Waals surface area contributed by atoms with E-state index in [2.05, 4.69) is 48.3 Å². The lowest BCUT2D eigenvalue weighted by atomic mass is 10.1. The standard InChI is InChI=1S/C20H30O9.C10H10O6.C8H16Br2O3/c1-5-6-26-7-8-27-9-10-28-11-12-29-18-14-17(23-2)15(19(21)24-3)13-16(18)20(22)25-4;1-15-9(13)5-3-6(10(14)16-2)8(12)4-7(5)11;9-1-3-11-5-7-13-8-6-12-4-2-10/h13-14H,5-12H2,1-4H3;3-4,11-12H,1-2H3;1-8H2. The molecule has 0 aliphatic carbocycles. The zero-order valence-corrected chi connectivity index (χ0v) is 37.0. The second kappa shape index (κ2) is 35.2. The van der Waals surface area contributed by atoms with Crippen LogP contribution < -0.4 is 9.47 Å². The lowest BCUT2D eigenvalue weighted by Gasteiger charge is -2.14. The van der Waals surface area contributed by atoms with E-state index in [1.807, 2.05) is 0 Å². The van der Waals surface area contributed by atoms with Crippen LogP contribution in [0.2, 0.25) is 0 Å². The highest BCUT2D eigenvalue weighted by Gasteiger charge is 2.23. The highest BCUT2D eigenvalue weighted by Crippen LogP contribution is 2.31. The second-order valence-corrected chi connectivity index (χ2v) is 12.4. The average molecular weight is 961 g/mol. The minimum atomic E-state index is -0.817. The Balaban J connectivity index is 0.000000939. The normalized spacial score (nSPS) is 10.3. The molecule has 0 saturated carbocycles. The number of carbonyl (C=O) groups excluding carboxylic acids is 4. The van der Waals surface area contributed by atoms with Crippen LogP contribution in [0.25, 0.3) is 0 Å². The molecule has 20 heteroatoms. The average Bonchev–Trinajstić information content (AvgIpc) is 3.24. The number of phenols is 2. The summed E-state index contributed by atoms with van der Waals surface area (Å²) < 4.78 is 60.8. The van der Waals surface area contributed by atoms with E-state index in [-0.39, 0.29) is 47.0 Å². The van der Waals surface area contributed by atoms with E-state index in [9.17, 15) is 29.4 Å². The maximum Gasteiger partial charge on any atom is 0.341 e. The number of benzene rings is 2. The van der Waals surface area contributed by atoms with Gasteiger partial charge in [0.25, 0.3) is 0 Å². The number of aromatic hydroxyl groups is 2. The molecule has 0 bridgehead atoms. The van der Waals surface area contributed by atoms with Crippen LogP contribution >= 0.6 is 31.9 Å². The molecule has 0 atom stereocenters. The number of esters is 4. The SMILES string of the molecule is BrCCOCCOCCOCCBr.CCCOCCOCCOCCOc1cc(OC)c(C(=O)OC)cc1C(=O)OC.COC(=O)c1cc(C(=O)OC)c(O)cc1O. The summed E-state index contributed by atoms with van der Waals surface area (Å²) in [4.78, 5) is 46.3. The second-order valence-electron chi connectivity index (χ2n) is 10.8. The van der Waals surface area contributed by atoms with Gasteiger partial charge in [0.2, 0.25) is 0 Å². The van der Waals surface area contributed by atoms with Gasteiger partial charge in [-0.05, 0) is 18.6 Å². The number of hydrogen-bond acceptors (Lipinski definition) is 18. The number of ether oxygens (including phenoxy) is 12. The van der Waals surface area contributed by atoms with Crippen molar-refractivity contribution in [3.05, 3.63) is 46.5 Å². The van der Waals surface area contributed by atoms with Crippen molar-refractivity contribution >= 4 is 55.7 Å². The van der Waals surface area contributed by atoms with Crippen LogP contribution in [0.15, 0.2) is 24.3 Å². The molecule has 0 saturated heterocycles. The number of alkyl halides is 2. The number of phenolic OH excluding ortho intramolecular Hbond substituents is 2. The highest BCUT2D eigenvalue weighted by atomic mass is 79.9. The van der Waals surface area contributed by atoms with E-state index in [0.29, 0.717) is 52.9 Å². The number of hydrogen-bond donors (Lipinski definition) is 2. The van der Waals surface area contributed by atoms with Gasteiger partial charge in [-0.15, -0.1) is 0 Å². The summed E-state index contributed by atoms with van der Waals surface area (Å²) in [5.74, 6) is -3.43. The number of rotatable bonds is 27. The molecular formula is C38H56Br2O18. The molecule has 0 radical (unpaired) electrons. The smallest absolute Gasteiger partial charge is 0.341 e. The third kappa shape index (κ3) is 23.0. The minimum absolute atomic E-state index is 0.0871. The fourth-order valence-corrected chi connectivity index (χ4v) is 4.52. The summed E-state index contributed by atoms with van der Waals surface area (Å²) in [6.45, 7) is 9.28. The first-order valence-corrected chi connectivity index (χ1v) is 20.1. The fraction of sp³-hybridized carbons (Fsp3) is 0.579. The predicted molar refractivity (Wildman–Crippen MR) is 216 cm³/mol. The first-order chi connectivity index (χ1) is 28.0. The lowest BCUT2D eigenvalue weighted by Crippen LogP contribution is -2.15.